The Labute approximate surface area is 101 Å². The highest BCUT2D eigenvalue weighted by molar-refractivity contribution is 6.00. The monoisotopic (exact) mass is 240 g/mol. The van der Waals surface area contributed by atoms with Crippen molar-refractivity contribution in [3.05, 3.63) is 0 Å². The molecule has 2 amide bonds. The molecule has 5 heteroatoms. The van der Waals surface area contributed by atoms with E-state index in [1.165, 1.54) is 4.90 Å². The van der Waals surface area contributed by atoms with Gasteiger partial charge in [-0.15, -0.1) is 0 Å². The third-order valence-corrected chi connectivity index (χ3v) is 3.57. The second-order valence-corrected chi connectivity index (χ2v) is 4.95. The van der Waals surface area contributed by atoms with Crippen LogP contribution in [-0.4, -0.2) is 48.6 Å². The highest BCUT2D eigenvalue weighted by atomic mass is 16.5. The van der Waals surface area contributed by atoms with Gasteiger partial charge in [-0.25, -0.2) is 0 Å². The molecular weight excluding hydrogens is 220 g/mol. The normalized spacial score (nSPS) is 35.2. The van der Waals surface area contributed by atoms with Crippen molar-refractivity contribution < 1.29 is 14.3 Å². The van der Waals surface area contributed by atoms with Crippen molar-refractivity contribution in [2.24, 2.45) is 0 Å². The number of hydrogen-bond donors (Lipinski definition) is 1. The van der Waals surface area contributed by atoms with E-state index in [9.17, 15) is 9.59 Å². The lowest BCUT2D eigenvalue weighted by atomic mass is 9.99. The lowest BCUT2D eigenvalue weighted by Crippen LogP contribution is -2.55. The molecule has 0 aliphatic carbocycles. The third kappa shape index (κ3) is 2.84. The lowest BCUT2D eigenvalue weighted by Gasteiger charge is -2.34. The van der Waals surface area contributed by atoms with E-state index in [0.29, 0.717) is 18.9 Å². The smallest absolute Gasteiger partial charge is 0.246 e. The molecular formula is C12H20N2O3. The Morgan fingerprint density at radius 3 is 2.82 bits per heavy atom. The number of carbonyl (C=O) groups excluding carboxylic acids is 2. The van der Waals surface area contributed by atoms with Crippen LogP contribution in [0.4, 0.5) is 0 Å². The minimum atomic E-state index is -0.201. The van der Waals surface area contributed by atoms with Gasteiger partial charge in [-0.2, -0.15) is 0 Å². The average Bonchev–Trinajstić information content (AvgIpc) is 2.30. The summed E-state index contributed by atoms with van der Waals surface area (Å²) >= 11 is 0. The van der Waals surface area contributed by atoms with Gasteiger partial charge in [-0.3, -0.25) is 14.5 Å². The van der Waals surface area contributed by atoms with Gasteiger partial charge in [-0.05, 0) is 26.2 Å². The van der Waals surface area contributed by atoms with Crippen LogP contribution in [0.2, 0.25) is 0 Å². The van der Waals surface area contributed by atoms with Crippen LogP contribution in [0.5, 0.6) is 0 Å². The topological polar surface area (TPSA) is 58.6 Å². The standard InChI is InChI=1S/C12H20N2O3/c1-8-7-9(5-6-17-8)13-10-3-4-11(15)14(2)12(10)16/h8-10,13H,3-7H2,1-2H3. The van der Waals surface area contributed by atoms with E-state index in [4.69, 9.17) is 4.74 Å². The molecule has 3 atom stereocenters. The number of nitrogens with one attached hydrogen (secondary N) is 1. The fraction of sp³-hybridized carbons (Fsp3) is 0.833. The van der Waals surface area contributed by atoms with Gasteiger partial charge < -0.3 is 10.1 Å². The molecule has 17 heavy (non-hydrogen) atoms. The number of piperidine rings is 1. The predicted octanol–water partition coefficient (Wildman–Crippen LogP) is 0.291. The molecule has 0 aromatic carbocycles. The van der Waals surface area contributed by atoms with Crippen LogP contribution in [0.15, 0.2) is 0 Å². The van der Waals surface area contributed by atoms with Crippen LogP contribution in [0.25, 0.3) is 0 Å². The minimum Gasteiger partial charge on any atom is -0.378 e. The van der Waals surface area contributed by atoms with Crippen LogP contribution in [0, 0.1) is 0 Å². The van der Waals surface area contributed by atoms with Crippen molar-refractivity contribution in [1.29, 1.82) is 0 Å². The molecule has 0 radical (unpaired) electrons. The first-order valence-corrected chi connectivity index (χ1v) is 6.26. The van der Waals surface area contributed by atoms with E-state index in [-0.39, 0.29) is 24.0 Å². The van der Waals surface area contributed by atoms with Crippen LogP contribution >= 0.6 is 0 Å². The van der Waals surface area contributed by atoms with E-state index in [0.717, 1.165) is 19.4 Å². The minimum absolute atomic E-state index is 0.0756. The maximum absolute atomic E-state index is 11.9. The fourth-order valence-corrected chi connectivity index (χ4v) is 2.50. The molecule has 2 rings (SSSR count). The average molecular weight is 240 g/mol. The summed E-state index contributed by atoms with van der Waals surface area (Å²) in [5.74, 6) is -0.172. The van der Waals surface area contributed by atoms with Gasteiger partial charge in [0.25, 0.3) is 0 Å². The Hall–Kier alpha value is -0.940. The molecule has 0 aromatic heterocycles. The Bertz CT molecular complexity index is 319. The second kappa shape index (κ2) is 5.14. The van der Waals surface area contributed by atoms with E-state index >= 15 is 0 Å². The number of carbonyl (C=O) groups is 2. The summed E-state index contributed by atoms with van der Waals surface area (Å²) in [5, 5.41) is 3.37. The van der Waals surface area contributed by atoms with Crippen LogP contribution < -0.4 is 5.32 Å². The zero-order valence-corrected chi connectivity index (χ0v) is 10.4. The van der Waals surface area contributed by atoms with Crippen LogP contribution in [0.1, 0.15) is 32.6 Å². The quantitative estimate of drug-likeness (QED) is 0.705. The molecule has 0 bridgehead atoms. The van der Waals surface area contributed by atoms with E-state index in [1.807, 2.05) is 6.92 Å². The molecule has 0 aromatic rings. The number of hydrogen-bond acceptors (Lipinski definition) is 4. The summed E-state index contributed by atoms with van der Waals surface area (Å²) in [4.78, 5) is 24.5. The Balaban J connectivity index is 1.90. The highest BCUT2D eigenvalue weighted by Crippen LogP contribution is 2.17. The molecule has 2 aliphatic rings. The largest absolute Gasteiger partial charge is 0.378 e. The zero-order valence-electron chi connectivity index (χ0n) is 10.4. The van der Waals surface area contributed by atoms with Crippen molar-refractivity contribution in [3.8, 4) is 0 Å². The Morgan fingerprint density at radius 2 is 2.12 bits per heavy atom. The second-order valence-electron chi connectivity index (χ2n) is 4.95. The molecule has 5 nitrogen and oxygen atoms in total. The molecule has 3 unspecified atom stereocenters. The summed E-state index contributed by atoms with van der Waals surface area (Å²) < 4.78 is 5.47. The molecule has 0 spiro atoms. The summed E-state index contributed by atoms with van der Waals surface area (Å²) in [5.41, 5.74) is 0. The zero-order chi connectivity index (χ0) is 12.4. The van der Waals surface area contributed by atoms with Crippen LogP contribution in [0.3, 0.4) is 0 Å². The fourth-order valence-electron chi connectivity index (χ4n) is 2.50. The summed E-state index contributed by atoms with van der Waals surface area (Å²) in [6.45, 7) is 2.79. The number of nitrogens with zero attached hydrogens (tertiary/aromatic N) is 1. The van der Waals surface area contributed by atoms with Crippen molar-refractivity contribution in [2.75, 3.05) is 13.7 Å². The van der Waals surface area contributed by atoms with Gasteiger partial charge in [0.2, 0.25) is 11.8 Å². The lowest BCUT2D eigenvalue weighted by molar-refractivity contribution is -0.148. The van der Waals surface area contributed by atoms with Gasteiger partial charge in [0.1, 0.15) is 0 Å². The number of rotatable bonds is 2. The van der Waals surface area contributed by atoms with Crippen molar-refractivity contribution in [2.45, 2.75) is 50.8 Å². The number of likely N-dealkylation sites (N-methyl/N-ethyl adjacent to an activating group) is 1. The number of amides is 2. The van der Waals surface area contributed by atoms with Gasteiger partial charge in [-0.1, -0.05) is 0 Å². The number of likely N-dealkylation sites (tertiary alicyclic amines) is 1. The first kappa shape index (κ1) is 12.5. The molecule has 96 valence electrons. The molecule has 1 N–H and O–H groups in total. The molecule has 2 heterocycles. The maximum Gasteiger partial charge on any atom is 0.246 e. The molecule has 2 saturated heterocycles. The van der Waals surface area contributed by atoms with Crippen molar-refractivity contribution in [3.63, 3.8) is 0 Å². The van der Waals surface area contributed by atoms with Crippen LogP contribution in [-0.2, 0) is 14.3 Å². The summed E-state index contributed by atoms with van der Waals surface area (Å²) in [6, 6.07) is 0.127. The summed E-state index contributed by atoms with van der Waals surface area (Å²) in [7, 11) is 1.56. The van der Waals surface area contributed by atoms with E-state index < -0.39 is 0 Å². The van der Waals surface area contributed by atoms with E-state index in [1.54, 1.807) is 7.05 Å². The highest BCUT2D eigenvalue weighted by Gasteiger charge is 2.33. The Kier molecular flexibility index (Phi) is 3.79. The van der Waals surface area contributed by atoms with Gasteiger partial charge in [0, 0.05) is 26.1 Å². The molecule has 0 saturated carbocycles. The maximum atomic E-state index is 11.9. The first-order valence-electron chi connectivity index (χ1n) is 6.26. The van der Waals surface area contributed by atoms with E-state index in [2.05, 4.69) is 5.32 Å². The third-order valence-electron chi connectivity index (χ3n) is 3.57. The summed E-state index contributed by atoms with van der Waals surface area (Å²) in [6.07, 6.45) is 3.19. The Morgan fingerprint density at radius 1 is 1.35 bits per heavy atom. The van der Waals surface area contributed by atoms with Gasteiger partial charge >= 0.3 is 0 Å². The van der Waals surface area contributed by atoms with Gasteiger partial charge in [0.15, 0.2) is 0 Å². The number of ether oxygens (including phenoxy) is 1. The molecule has 2 aliphatic heterocycles. The van der Waals surface area contributed by atoms with Crippen molar-refractivity contribution in [1.82, 2.24) is 10.2 Å². The molecule has 2 fully saturated rings. The first-order chi connectivity index (χ1) is 8.08. The predicted molar refractivity (Wildman–Crippen MR) is 62.4 cm³/mol. The van der Waals surface area contributed by atoms with Gasteiger partial charge in [0.05, 0.1) is 12.1 Å². The SMILES string of the molecule is CC1CC(NC2CCC(=O)N(C)C2=O)CCO1. The van der Waals surface area contributed by atoms with Crippen molar-refractivity contribution >= 4 is 11.8 Å². The number of imide groups is 1.